The lowest BCUT2D eigenvalue weighted by atomic mass is 10.1. The molecule has 0 aliphatic rings. The summed E-state index contributed by atoms with van der Waals surface area (Å²) in [6.07, 6.45) is 5.51. The molecule has 3 aromatic carbocycles. The Kier molecular flexibility index (Phi) is 11.3. The van der Waals surface area contributed by atoms with Gasteiger partial charge in [0.25, 0.3) is 0 Å². The third-order valence-electron chi connectivity index (χ3n) is 5.61. The first kappa shape index (κ1) is 30.2. The molecule has 1 N–H and O–H groups in total. The van der Waals surface area contributed by atoms with Gasteiger partial charge >= 0.3 is 0 Å². The lowest BCUT2D eigenvalue weighted by Crippen LogP contribution is -3.00. The van der Waals surface area contributed by atoms with Gasteiger partial charge in [-0.05, 0) is 54.1 Å². The molecule has 5 nitrogen and oxygen atoms in total. The molecule has 38 heavy (non-hydrogen) atoms. The number of nitrogens with zero attached hydrogens (tertiary/aromatic N) is 2. The van der Waals surface area contributed by atoms with Crippen LogP contribution in [0.3, 0.4) is 0 Å². The molecule has 1 heterocycles. The quantitative estimate of drug-likeness (QED) is 0.266. The Bertz CT molecular complexity index is 1380. The van der Waals surface area contributed by atoms with E-state index < -0.39 is 6.10 Å². The largest absolute Gasteiger partial charge is 1.00 e. The number of anilines is 1. The topological polar surface area (TPSA) is 47.1 Å². The zero-order valence-electron chi connectivity index (χ0n) is 19.9. The molecular weight excluding hydrogens is 595 g/mol. The van der Waals surface area contributed by atoms with E-state index in [-0.39, 0.29) is 37.2 Å². The van der Waals surface area contributed by atoms with Gasteiger partial charge in [-0.3, -0.25) is 4.79 Å². The van der Waals surface area contributed by atoms with Crippen molar-refractivity contribution in [2.75, 3.05) is 5.32 Å². The molecule has 1 aromatic heterocycles. The van der Waals surface area contributed by atoms with Crippen LogP contribution in [-0.2, 0) is 29.2 Å². The minimum Gasteiger partial charge on any atom is -1.00 e. The van der Waals surface area contributed by atoms with E-state index in [1.165, 1.54) is 24.3 Å². The zero-order chi connectivity index (χ0) is 26.4. The summed E-state index contributed by atoms with van der Waals surface area (Å²) in [5.74, 6) is -0.519. The maximum Gasteiger partial charge on any atom is 0.243 e. The van der Waals surface area contributed by atoms with Crippen molar-refractivity contribution in [3.63, 3.8) is 0 Å². The van der Waals surface area contributed by atoms with Crippen molar-refractivity contribution in [3.8, 4) is 0 Å². The molecule has 0 fully saturated rings. The first-order valence-corrected chi connectivity index (χ1v) is 12.9. The van der Waals surface area contributed by atoms with Crippen LogP contribution in [0.5, 0.6) is 0 Å². The third-order valence-corrected chi connectivity index (χ3v) is 6.76. The normalized spacial score (nSPS) is 11.6. The average molecular weight is 618 g/mol. The number of nitrogens with one attached hydrogen (secondary N) is 1. The van der Waals surface area contributed by atoms with Crippen molar-refractivity contribution >= 4 is 58.0 Å². The predicted molar refractivity (Wildman–Crippen MR) is 145 cm³/mol. The molecule has 1 unspecified atom stereocenters. The number of carbonyl (C=O) groups excluding carboxylic acids is 1. The van der Waals surface area contributed by atoms with Crippen LogP contribution in [0, 0.1) is 5.82 Å². The smallest absolute Gasteiger partial charge is 0.243 e. The van der Waals surface area contributed by atoms with Gasteiger partial charge in [0.05, 0.1) is 19.6 Å². The minimum atomic E-state index is -0.404. The lowest BCUT2D eigenvalue weighted by molar-refractivity contribution is -0.704. The number of halogens is 6. The molecule has 4 aromatic rings. The van der Waals surface area contributed by atoms with Crippen molar-refractivity contribution in [1.82, 2.24) is 4.57 Å². The van der Waals surface area contributed by atoms with Crippen LogP contribution >= 0.6 is 46.4 Å². The minimum absolute atomic E-state index is 0. The highest BCUT2D eigenvalue weighted by molar-refractivity contribution is 6.35. The SMILES string of the molecule is O=C(CCn1cc[n+](CC(OCc2ccc(Cl)cc2Cl)c2ccc(Cl)cc2Cl)c1)Nc1ccc(F)cc1.[Cl-]. The van der Waals surface area contributed by atoms with Crippen LogP contribution in [0.25, 0.3) is 0 Å². The van der Waals surface area contributed by atoms with Gasteiger partial charge in [0, 0.05) is 31.3 Å². The average Bonchev–Trinajstić information content (AvgIpc) is 3.30. The second kappa shape index (κ2) is 14.2. The molecule has 0 spiro atoms. The first-order valence-electron chi connectivity index (χ1n) is 11.4. The Hall–Kier alpha value is -2.32. The van der Waals surface area contributed by atoms with Crippen LogP contribution < -0.4 is 22.3 Å². The Morgan fingerprint density at radius 3 is 2.34 bits per heavy atom. The summed E-state index contributed by atoms with van der Waals surface area (Å²) < 4.78 is 23.2. The summed E-state index contributed by atoms with van der Waals surface area (Å²) in [6.45, 7) is 1.18. The number of amides is 1. The number of aromatic nitrogens is 2. The molecule has 0 saturated carbocycles. The summed E-state index contributed by atoms with van der Waals surface area (Å²) >= 11 is 24.9. The van der Waals surface area contributed by atoms with Gasteiger partial charge in [-0.2, -0.15) is 0 Å². The zero-order valence-corrected chi connectivity index (χ0v) is 23.7. The highest BCUT2D eigenvalue weighted by Gasteiger charge is 2.21. The molecule has 4 rings (SSSR count). The molecular formula is C27H23Cl5FN3O2. The Morgan fingerprint density at radius 1 is 0.974 bits per heavy atom. The van der Waals surface area contributed by atoms with Crippen LogP contribution in [0.4, 0.5) is 10.1 Å². The van der Waals surface area contributed by atoms with Crippen molar-refractivity contribution < 1.29 is 30.9 Å². The summed E-state index contributed by atoms with van der Waals surface area (Å²) in [7, 11) is 0. The van der Waals surface area contributed by atoms with E-state index in [9.17, 15) is 9.18 Å². The van der Waals surface area contributed by atoms with Crippen molar-refractivity contribution in [2.45, 2.75) is 32.2 Å². The standard InChI is InChI=1S/C27H22Cl4FN3O2.ClH/c28-19-2-1-18(24(30)13-19)16-37-26(23-8-3-20(29)14-25(23)31)15-35-12-11-34(17-35)10-9-27(36)33-22-6-4-21(32)5-7-22;/h1-8,11-14,17,26H,9-10,15-16H2;1H. The van der Waals surface area contributed by atoms with Crippen LogP contribution in [0.1, 0.15) is 23.7 Å². The summed E-state index contributed by atoms with van der Waals surface area (Å²) in [5, 5.41) is 4.86. The Balaban J connectivity index is 0.00000400. The molecule has 11 heteroatoms. The maximum atomic E-state index is 13.1. The van der Waals surface area contributed by atoms with Crippen molar-refractivity contribution in [3.05, 3.63) is 116 Å². The predicted octanol–water partition coefficient (Wildman–Crippen LogP) is 4.52. The molecule has 1 atom stereocenters. The van der Waals surface area contributed by atoms with Crippen LogP contribution in [-0.4, -0.2) is 10.5 Å². The molecule has 1 amide bonds. The van der Waals surface area contributed by atoms with E-state index in [1.807, 2.05) is 40.0 Å². The molecule has 0 saturated heterocycles. The Labute approximate surface area is 246 Å². The number of hydrogen-bond acceptors (Lipinski definition) is 2. The monoisotopic (exact) mass is 615 g/mol. The van der Waals surface area contributed by atoms with E-state index in [1.54, 1.807) is 24.3 Å². The van der Waals surface area contributed by atoms with Gasteiger partial charge in [0.2, 0.25) is 12.2 Å². The number of benzene rings is 3. The molecule has 0 radical (unpaired) electrons. The number of hydrogen-bond donors (Lipinski definition) is 1. The summed E-state index contributed by atoms with van der Waals surface area (Å²) in [6, 6.07) is 16.2. The highest BCUT2D eigenvalue weighted by atomic mass is 35.5. The van der Waals surface area contributed by atoms with Gasteiger partial charge in [-0.1, -0.05) is 58.5 Å². The number of carbonyl (C=O) groups is 1. The number of imidazole rings is 1. The third kappa shape index (κ3) is 8.60. The fourth-order valence-corrected chi connectivity index (χ4v) is 4.68. The van der Waals surface area contributed by atoms with E-state index in [4.69, 9.17) is 51.1 Å². The summed E-state index contributed by atoms with van der Waals surface area (Å²) in [5.41, 5.74) is 2.14. The van der Waals surface area contributed by atoms with Gasteiger partial charge in [0.15, 0.2) is 0 Å². The second-order valence-corrected chi connectivity index (χ2v) is 10.0. The fraction of sp³-hybridized carbons (Fsp3) is 0.185. The molecule has 200 valence electrons. The number of rotatable bonds is 10. The maximum absolute atomic E-state index is 13.1. The Morgan fingerprint density at radius 2 is 1.66 bits per heavy atom. The van der Waals surface area contributed by atoms with Gasteiger partial charge in [-0.25, -0.2) is 13.5 Å². The molecule has 0 bridgehead atoms. The van der Waals surface area contributed by atoms with E-state index in [2.05, 4.69) is 5.32 Å². The molecule has 0 aliphatic carbocycles. The number of ether oxygens (including phenoxy) is 1. The van der Waals surface area contributed by atoms with E-state index in [0.717, 1.165) is 11.1 Å². The summed E-state index contributed by atoms with van der Waals surface area (Å²) in [4.78, 5) is 12.3. The van der Waals surface area contributed by atoms with Crippen molar-refractivity contribution in [2.24, 2.45) is 0 Å². The lowest BCUT2D eigenvalue weighted by Gasteiger charge is -2.19. The second-order valence-electron chi connectivity index (χ2n) is 8.35. The highest BCUT2D eigenvalue weighted by Crippen LogP contribution is 2.31. The van der Waals surface area contributed by atoms with Gasteiger partial charge in [0.1, 0.15) is 30.9 Å². The fourth-order valence-electron chi connectivity index (χ4n) is 3.69. The van der Waals surface area contributed by atoms with Crippen molar-refractivity contribution in [1.29, 1.82) is 0 Å². The van der Waals surface area contributed by atoms with Crippen LogP contribution in [0.15, 0.2) is 79.4 Å². The molecule has 0 aliphatic heterocycles. The van der Waals surface area contributed by atoms with E-state index >= 15 is 0 Å². The van der Waals surface area contributed by atoms with E-state index in [0.29, 0.717) is 38.9 Å². The van der Waals surface area contributed by atoms with Crippen LogP contribution in [0.2, 0.25) is 20.1 Å². The van der Waals surface area contributed by atoms with Gasteiger partial charge < -0.3 is 22.5 Å². The number of aryl methyl sites for hydroxylation is 1. The first-order chi connectivity index (χ1) is 17.8. The van der Waals surface area contributed by atoms with Gasteiger partial charge in [-0.15, -0.1) is 0 Å².